The van der Waals surface area contributed by atoms with Crippen molar-refractivity contribution in [1.29, 1.82) is 0 Å². The zero-order valence-electron chi connectivity index (χ0n) is 9.82. The van der Waals surface area contributed by atoms with E-state index >= 15 is 0 Å². The highest BCUT2D eigenvalue weighted by molar-refractivity contribution is 5.30. The summed E-state index contributed by atoms with van der Waals surface area (Å²) < 4.78 is 1.93. The first kappa shape index (κ1) is 10.4. The van der Waals surface area contributed by atoms with Crippen LogP contribution in [0.5, 0.6) is 0 Å². The van der Waals surface area contributed by atoms with Crippen molar-refractivity contribution < 1.29 is 0 Å². The van der Waals surface area contributed by atoms with Gasteiger partial charge in [0.05, 0.1) is 6.04 Å². The minimum Gasteiger partial charge on any atom is -0.298 e. The van der Waals surface area contributed by atoms with Gasteiger partial charge < -0.3 is 0 Å². The Balaban J connectivity index is 2.05. The normalized spacial score (nSPS) is 20.9. The van der Waals surface area contributed by atoms with Crippen LogP contribution in [0.25, 0.3) is 5.82 Å². The van der Waals surface area contributed by atoms with Gasteiger partial charge in [-0.2, -0.15) is 0 Å². The average molecular weight is 229 g/mol. The summed E-state index contributed by atoms with van der Waals surface area (Å²) in [6, 6.07) is 0.376. The molecule has 17 heavy (non-hydrogen) atoms. The van der Waals surface area contributed by atoms with Crippen molar-refractivity contribution in [2.45, 2.75) is 18.9 Å². The van der Waals surface area contributed by atoms with E-state index in [0.717, 1.165) is 24.5 Å². The molecular formula is C12H15N5. The number of nitrogens with zero attached hydrogens (tertiary/aromatic N) is 5. The standard InChI is InChI=1S/C12H15N5/c1-16-7-2-3-10(16)11-12(15-5-4-14-11)17-8-6-13-9-17/h4-6,8-10H,2-3,7H2,1H3/t10-/m0/s1. The first-order chi connectivity index (χ1) is 8.36. The molecule has 88 valence electrons. The summed E-state index contributed by atoms with van der Waals surface area (Å²) >= 11 is 0. The molecule has 0 radical (unpaired) electrons. The van der Waals surface area contributed by atoms with Crippen molar-refractivity contribution in [1.82, 2.24) is 24.4 Å². The second-order valence-corrected chi connectivity index (χ2v) is 4.37. The lowest BCUT2D eigenvalue weighted by atomic mass is 10.1. The van der Waals surface area contributed by atoms with Crippen molar-refractivity contribution in [3.05, 3.63) is 36.8 Å². The maximum atomic E-state index is 4.51. The van der Waals surface area contributed by atoms with E-state index in [-0.39, 0.29) is 0 Å². The van der Waals surface area contributed by atoms with Crippen LogP contribution in [0.4, 0.5) is 0 Å². The van der Waals surface area contributed by atoms with Gasteiger partial charge in [-0.3, -0.25) is 14.5 Å². The second kappa shape index (κ2) is 4.25. The number of hydrogen-bond donors (Lipinski definition) is 0. The Kier molecular flexibility index (Phi) is 2.60. The maximum absolute atomic E-state index is 4.51. The van der Waals surface area contributed by atoms with Crippen molar-refractivity contribution in [3.63, 3.8) is 0 Å². The molecule has 5 nitrogen and oxygen atoms in total. The largest absolute Gasteiger partial charge is 0.298 e. The van der Waals surface area contributed by atoms with Gasteiger partial charge in [0.1, 0.15) is 12.0 Å². The molecule has 0 saturated carbocycles. The van der Waals surface area contributed by atoms with Gasteiger partial charge in [0.15, 0.2) is 5.82 Å². The highest BCUT2D eigenvalue weighted by Crippen LogP contribution is 2.31. The Bertz CT molecular complexity index is 493. The third-order valence-corrected chi connectivity index (χ3v) is 3.29. The van der Waals surface area contributed by atoms with Gasteiger partial charge in [-0.1, -0.05) is 0 Å². The van der Waals surface area contributed by atoms with E-state index in [4.69, 9.17) is 0 Å². The molecule has 2 aromatic rings. The molecule has 0 amide bonds. The van der Waals surface area contributed by atoms with E-state index in [9.17, 15) is 0 Å². The van der Waals surface area contributed by atoms with Crippen LogP contribution < -0.4 is 0 Å². The van der Waals surface area contributed by atoms with Crippen molar-refractivity contribution in [2.75, 3.05) is 13.6 Å². The van der Waals surface area contributed by atoms with Gasteiger partial charge in [0.2, 0.25) is 0 Å². The molecule has 1 atom stereocenters. The van der Waals surface area contributed by atoms with Crippen molar-refractivity contribution in [3.8, 4) is 5.82 Å². The molecule has 2 aromatic heterocycles. The van der Waals surface area contributed by atoms with E-state index in [2.05, 4.69) is 26.9 Å². The Hall–Kier alpha value is -1.75. The van der Waals surface area contributed by atoms with Crippen LogP contribution in [0.3, 0.4) is 0 Å². The van der Waals surface area contributed by atoms with E-state index in [0.29, 0.717) is 6.04 Å². The molecule has 3 rings (SSSR count). The number of rotatable bonds is 2. The third kappa shape index (κ3) is 1.82. The van der Waals surface area contributed by atoms with Gasteiger partial charge in [0, 0.05) is 24.8 Å². The molecule has 0 aromatic carbocycles. The molecular weight excluding hydrogens is 214 g/mol. The fourth-order valence-electron chi connectivity index (χ4n) is 2.42. The Morgan fingerprint density at radius 3 is 2.82 bits per heavy atom. The summed E-state index contributed by atoms with van der Waals surface area (Å²) in [7, 11) is 2.14. The van der Waals surface area contributed by atoms with Gasteiger partial charge in [0.25, 0.3) is 0 Å². The van der Waals surface area contributed by atoms with Gasteiger partial charge >= 0.3 is 0 Å². The summed E-state index contributed by atoms with van der Waals surface area (Å²) in [5, 5.41) is 0. The van der Waals surface area contributed by atoms with Crippen LogP contribution in [0.1, 0.15) is 24.6 Å². The van der Waals surface area contributed by atoms with Crippen molar-refractivity contribution in [2.24, 2.45) is 0 Å². The topological polar surface area (TPSA) is 46.8 Å². The van der Waals surface area contributed by atoms with Crippen LogP contribution in [-0.4, -0.2) is 38.0 Å². The summed E-state index contributed by atoms with van der Waals surface area (Å²) in [5.74, 6) is 0.892. The summed E-state index contributed by atoms with van der Waals surface area (Å²) in [5.41, 5.74) is 1.05. The summed E-state index contributed by atoms with van der Waals surface area (Å²) in [4.78, 5) is 15.4. The fourth-order valence-corrected chi connectivity index (χ4v) is 2.42. The first-order valence-electron chi connectivity index (χ1n) is 5.86. The SMILES string of the molecule is CN1CCC[C@H]1c1nccnc1-n1ccnc1. The lowest BCUT2D eigenvalue weighted by Crippen LogP contribution is -2.20. The van der Waals surface area contributed by atoms with Gasteiger partial charge in [-0.25, -0.2) is 9.97 Å². The molecule has 3 heterocycles. The van der Waals surface area contributed by atoms with Gasteiger partial charge in [-0.05, 0) is 26.4 Å². The number of aromatic nitrogens is 4. The zero-order valence-corrected chi connectivity index (χ0v) is 9.82. The number of imidazole rings is 1. The lowest BCUT2D eigenvalue weighted by Gasteiger charge is -2.20. The quantitative estimate of drug-likeness (QED) is 0.781. The van der Waals surface area contributed by atoms with E-state index < -0.39 is 0 Å². The molecule has 1 aliphatic rings. The molecule has 0 N–H and O–H groups in total. The molecule has 1 saturated heterocycles. The van der Waals surface area contributed by atoms with Crippen LogP contribution in [0, 0.1) is 0 Å². The second-order valence-electron chi connectivity index (χ2n) is 4.37. The molecule has 0 unspecified atom stereocenters. The Labute approximate surface area is 100 Å². The highest BCUT2D eigenvalue weighted by Gasteiger charge is 2.26. The Morgan fingerprint density at radius 1 is 1.24 bits per heavy atom. The lowest BCUT2D eigenvalue weighted by molar-refractivity contribution is 0.310. The van der Waals surface area contributed by atoms with Crippen LogP contribution in [0.15, 0.2) is 31.1 Å². The predicted octanol–water partition coefficient (Wildman–Crippen LogP) is 1.43. The summed E-state index contributed by atoms with van der Waals surface area (Å²) in [6.45, 7) is 1.13. The number of hydrogen-bond acceptors (Lipinski definition) is 4. The van der Waals surface area contributed by atoms with Crippen LogP contribution in [0.2, 0.25) is 0 Å². The average Bonchev–Trinajstić information content (AvgIpc) is 3.00. The first-order valence-corrected chi connectivity index (χ1v) is 5.86. The van der Waals surface area contributed by atoms with Crippen LogP contribution in [-0.2, 0) is 0 Å². The molecule has 0 spiro atoms. The smallest absolute Gasteiger partial charge is 0.161 e. The van der Waals surface area contributed by atoms with Gasteiger partial charge in [-0.15, -0.1) is 0 Å². The zero-order chi connectivity index (χ0) is 11.7. The van der Waals surface area contributed by atoms with E-state index in [1.54, 1.807) is 24.9 Å². The molecule has 0 aliphatic carbocycles. The summed E-state index contributed by atoms with van der Waals surface area (Å²) in [6.07, 6.45) is 11.3. The van der Waals surface area contributed by atoms with Crippen LogP contribution >= 0.6 is 0 Å². The fraction of sp³-hybridized carbons (Fsp3) is 0.417. The molecule has 5 heteroatoms. The number of likely N-dealkylation sites (tertiary alicyclic amines) is 1. The highest BCUT2D eigenvalue weighted by atomic mass is 15.2. The maximum Gasteiger partial charge on any atom is 0.161 e. The Morgan fingerprint density at radius 2 is 2.12 bits per heavy atom. The third-order valence-electron chi connectivity index (χ3n) is 3.29. The minimum atomic E-state index is 0.376. The van der Waals surface area contributed by atoms with E-state index in [1.807, 2.05) is 10.8 Å². The van der Waals surface area contributed by atoms with Crippen molar-refractivity contribution >= 4 is 0 Å². The monoisotopic (exact) mass is 229 g/mol. The molecule has 1 aliphatic heterocycles. The predicted molar refractivity (Wildman–Crippen MR) is 63.8 cm³/mol. The minimum absolute atomic E-state index is 0.376. The van der Waals surface area contributed by atoms with E-state index in [1.165, 1.54) is 6.42 Å². The molecule has 0 bridgehead atoms. The molecule has 1 fully saturated rings.